The van der Waals surface area contributed by atoms with Gasteiger partial charge in [-0.2, -0.15) is 19.0 Å². The standard InChI is InChI=1S/C41H32ClF6N9O6S2/c1-55-34-29(10-8-26(42)32(34)38(53-55)54-65(3,62)63)57-39(51-37-23(40(57)59)7-9-27(50-37)19-5-4-6-22(14-19)64(2,60)61)28(13-18-11-20(43)15-21(44)12-18)49-30(58)17-56-35-31(33(52-56)36(45)46)24-16-25(24)41(35,47)48/h4-12,14-15,24-25,28,36H,13,16-17H2,1-3H3,(H,49,58)(H,53,54)/t24?,25?,28-/m0/s1. The van der Waals surface area contributed by atoms with Gasteiger partial charge in [0, 0.05) is 42.8 Å². The van der Waals surface area contributed by atoms with Gasteiger partial charge in [-0.15, -0.1) is 0 Å². The van der Waals surface area contributed by atoms with Gasteiger partial charge in [-0.25, -0.2) is 44.4 Å². The number of carbonyl (C=O) groups excluding carboxylic acids is 1. The molecule has 1 fully saturated rings. The molecule has 0 spiro atoms. The van der Waals surface area contributed by atoms with Gasteiger partial charge in [-0.3, -0.25) is 28.2 Å². The number of rotatable bonds is 12. The number of nitrogens with zero attached hydrogens (tertiary/aromatic N) is 7. The van der Waals surface area contributed by atoms with E-state index in [0.717, 1.165) is 29.2 Å². The molecule has 24 heteroatoms. The topological polar surface area (TPSA) is 193 Å². The summed E-state index contributed by atoms with van der Waals surface area (Å²) < 4.78 is 144. The van der Waals surface area contributed by atoms with E-state index < -0.39 is 97.5 Å². The number of alkyl halides is 4. The third-order valence-corrected chi connectivity index (χ3v) is 13.2. The van der Waals surface area contributed by atoms with Crippen LogP contribution in [-0.4, -0.2) is 69.4 Å². The van der Waals surface area contributed by atoms with Crippen LogP contribution < -0.4 is 15.6 Å². The molecule has 338 valence electrons. The first-order chi connectivity index (χ1) is 30.5. The Kier molecular flexibility index (Phi) is 10.4. The summed E-state index contributed by atoms with van der Waals surface area (Å²) in [5.74, 6) is -9.47. The summed E-state index contributed by atoms with van der Waals surface area (Å²) >= 11 is 6.62. The largest absolute Gasteiger partial charge is 0.344 e. The van der Waals surface area contributed by atoms with E-state index in [0.29, 0.717) is 16.3 Å². The van der Waals surface area contributed by atoms with Gasteiger partial charge in [0.25, 0.3) is 17.9 Å². The molecule has 3 aromatic carbocycles. The minimum atomic E-state index is -3.95. The Hall–Kier alpha value is -6.33. The molecule has 2 aliphatic rings. The molecule has 4 heterocycles. The number of benzene rings is 3. The fourth-order valence-corrected chi connectivity index (χ4v) is 9.91. The van der Waals surface area contributed by atoms with Gasteiger partial charge in [0.1, 0.15) is 35.4 Å². The number of fused-ring (bicyclic) bond motifs is 5. The average molecular weight is 960 g/mol. The van der Waals surface area contributed by atoms with Gasteiger partial charge in [0.2, 0.25) is 15.9 Å². The van der Waals surface area contributed by atoms with Crippen molar-refractivity contribution in [2.24, 2.45) is 13.0 Å². The molecular weight excluding hydrogens is 928 g/mol. The van der Waals surface area contributed by atoms with Crippen molar-refractivity contribution in [3.8, 4) is 16.9 Å². The van der Waals surface area contributed by atoms with Crippen molar-refractivity contribution in [2.75, 3.05) is 17.2 Å². The van der Waals surface area contributed by atoms with Gasteiger partial charge < -0.3 is 5.32 Å². The predicted octanol–water partition coefficient (Wildman–Crippen LogP) is 6.48. The van der Waals surface area contributed by atoms with Crippen molar-refractivity contribution < 1.29 is 48.0 Å². The molecule has 9 rings (SSSR count). The van der Waals surface area contributed by atoms with E-state index in [1.54, 1.807) is 6.07 Å². The Balaban J connectivity index is 1.27. The minimum Gasteiger partial charge on any atom is -0.344 e. The first kappa shape index (κ1) is 43.9. The second kappa shape index (κ2) is 15.4. The smallest absolute Gasteiger partial charge is 0.293 e. The molecule has 0 saturated heterocycles. The van der Waals surface area contributed by atoms with Gasteiger partial charge in [0.15, 0.2) is 21.3 Å². The number of pyridine rings is 1. The highest BCUT2D eigenvalue weighted by Gasteiger charge is 2.67. The number of aromatic nitrogens is 7. The molecular formula is C41H32ClF6N9O6S2. The second-order valence-electron chi connectivity index (χ2n) is 15.9. The van der Waals surface area contributed by atoms with Crippen LogP contribution in [0.3, 0.4) is 0 Å². The maximum atomic E-state index is 15.6. The Morgan fingerprint density at radius 2 is 1.69 bits per heavy atom. The van der Waals surface area contributed by atoms with E-state index in [2.05, 4.69) is 25.2 Å². The molecule has 2 N–H and O–H groups in total. The van der Waals surface area contributed by atoms with Gasteiger partial charge in [-0.05, 0) is 66.4 Å². The van der Waals surface area contributed by atoms with Crippen LogP contribution in [0.4, 0.5) is 32.2 Å². The molecule has 1 saturated carbocycles. The molecule has 0 bridgehead atoms. The lowest BCUT2D eigenvalue weighted by atomic mass is 10.0. The third-order valence-electron chi connectivity index (χ3n) is 11.2. The quantitative estimate of drug-likeness (QED) is 0.128. The summed E-state index contributed by atoms with van der Waals surface area (Å²) in [4.78, 5) is 38.5. The van der Waals surface area contributed by atoms with Crippen LogP contribution in [0.5, 0.6) is 0 Å². The van der Waals surface area contributed by atoms with Gasteiger partial charge in [-0.1, -0.05) is 23.7 Å². The molecule has 7 aromatic rings. The minimum absolute atomic E-state index is 0.0153. The zero-order chi connectivity index (χ0) is 46.7. The van der Waals surface area contributed by atoms with Crippen LogP contribution in [0.2, 0.25) is 5.02 Å². The van der Waals surface area contributed by atoms with E-state index in [-0.39, 0.29) is 72.4 Å². The fraction of sp³-hybridized carbons (Fsp3) is 0.268. The van der Waals surface area contributed by atoms with Crippen molar-refractivity contribution in [1.29, 1.82) is 0 Å². The monoisotopic (exact) mass is 959 g/mol. The lowest BCUT2D eigenvalue weighted by Gasteiger charge is -2.24. The van der Waals surface area contributed by atoms with Crippen LogP contribution in [-0.2, 0) is 50.6 Å². The number of hydrogen-bond acceptors (Lipinski definition) is 10. The molecule has 2 unspecified atom stereocenters. The highest BCUT2D eigenvalue weighted by molar-refractivity contribution is 7.92. The first-order valence-electron chi connectivity index (χ1n) is 19.4. The summed E-state index contributed by atoms with van der Waals surface area (Å²) in [5, 5.41) is 10.5. The van der Waals surface area contributed by atoms with Crippen LogP contribution in [0, 0.1) is 17.6 Å². The summed E-state index contributed by atoms with van der Waals surface area (Å²) in [6.45, 7) is -1.04. The number of anilines is 1. The normalized spacial score (nSPS) is 17.1. The van der Waals surface area contributed by atoms with E-state index in [1.165, 1.54) is 54.2 Å². The Labute approximate surface area is 369 Å². The molecule has 15 nitrogen and oxygen atoms in total. The highest BCUT2D eigenvalue weighted by Crippen LogP contribution is 2.68. The number of halogens is 7. The number of carbonyl (C=O) groups is 1. The fourth-order valence-electron chi connectivity index (χ4n) is 8.51. The van der Waals surface area contributed by atoms with Crippen molar-refractivity contribution in [2.45, 2.75) is 48.6 Å². The Bertz CT molecular complexity index is 3450. The summed E-state index contributed by atoms with van der Waals surface area (Å²) in [5.41, 5.74) is -2.84. The summed E-state index contributed by atoms with van der Waals surface area (Å²) in [6.07, 6.45) is -1.93. The number of aryl methyl sites for hydroxylation is 1. The summed E-state index contributed by atoms with van der Waals surface area (Å²) in [7, 11) is -6.22. The molecule has 4 aromatic heterocycles. The molecule has 2 aliphatic carbocycles. The summed E-state index contributed by atoms with van der Waals surface area (Å²) in [6, 6.07) is 12.0. The molecule has 3 atom stereocenters. The van der Waals surface area contributed by atoms with E-state index >= 15 is 13.6 Å². The molecule has 1 amide bonds. The van der Waals surface area contributed by atoms with E-state index in [4.69, 9.17) is 16.6 Å². The van der Waals surface area contributed by atoms with E-state index in [9.17, 15) is 39.2 Å². The van der Waals surface area contributed by atoms with Crippen molar-refractivity contribution in [3.05, 3.63) is 122 Å². The Morgan fingerprint density at radius 3 is 2.37 bits per heavy atom. The van der Waals surface area contributed by atoms with Gasteiger partial charge in [0.05, 0.1) is 49.9 Å². The van der Waals surface area contributed by atoms with Crippen molar-refractivity contribution in [3.63, 3.8) is 0 Å². The lowest BCUT2D eigenvalue weighted by Crippen LogP contribution is -2.38. The zero-order valence-electron chi connectivity index (χ0n) is 33.8. The van der Waals surface area contributed by atoms with Crippen molar-refractivity contribution in [1.82, 2.24) is 39.4 Å². The number of nitrogens with one attached hydrogen (secondary N) is 2. The maximum Gasteiger partial charge on any atom is 0.293 e. The SMILES string of the molecule is Cn1nc(NS(C)(=O)=O)c2c(Cl)ccc(-n3c([C@H](Cc4cc(F)cc(F)c4)NC(=O)Cn4nc(C(F)F)c5c4C(F)(F)C4CC54)nc4nc(-c5cccc(S(C)(=O)=O)c5)ccc4c3=O)c21. The van der Waals surface area contributed by atoms with Crippen molar-refractivity contribution >= 4 is 65.1 Å². The number of hydrogen-bond donors (Lipinski definition) is 2. The van der Waals surface area contributed by atoms with Crippen LogP contribution in [0.15, 0.2) is 76.4 Å². The maximum absolute atomic E-state index is 15.6. The van der Waals surface area contributed by atoms with E-state index in [1.807, 2.05) is 0 Å². The zero-order valence-corrected chi connectivity index (χ0v) is 36.2. The van der Waals surface area contributed by atoms with Crippen LogP contribution in [0.1, 0.15) is 53.1 Å². The number of sulfonamides is 1. The highest BCUT2D eigenvalue weighted by atomic mass is 35.5. The predicted molar refractivity (Wildman–Crippen MR) is 224 cm³/mol. The number of amides is 1. The first-order valence-corrected chi connectivity index (χ1v) is 23.5. The molecule has 65 heavy (non-hydrogen) atoms. The average Bonchev–Trinajstić information content (AvgIpc) is 3.75. The lowest BCUT2D eigenvalue weighted by molar-refractivity contribution is -0.123. The second-order valence-corrected chi connectivity index (χ2v) is 20.1. The molecule has 0 radical (unpaired) electrons. The van der Waals surface area contributed by atoms with Crippen LogP contribution in [0.25, 0.3) is 38.9 Å². The third kappa shape index (κ3) is 7.87. The molecule has 0 aliphatic heterocycles. The Morgan fingerprint density at radius 1 is 0.969 bits per heavy atom. The van der Waals surface area contributed by atoms with Gasteiger partial charge >= 0.3 is 0 Å². The van der Waals surface area contributed by atoms with Crippen LogP contribution >= 0.6 is 11.6 Å². The number of sulfone groups is 1.